The molecule has 1 rings (SSSR count). The second kappa shape index (κ2) is 5.81. The number of oxime groups is 3. The van der Waals surface area contributed by atoms with Gasteiger partial charge in [-0.15, -0.1) is 0 Å². The number of rotatable bonds is 3. The lowest BCUT2D eigenvalue weighted by molar-refractivity contribution is 0.321. The van der Waals surface area contributed by atoms with E-state index >= 15 is 0 Å². The molecular formula is C12H15N3O3. The summed E-state index contributed by atoms with van der Waals surface area (Å²) in [5.41, 5.74) is 4.51. The molecule has 0 fully saturated rings. The van der Waals surface area contributed by atoms with E-state index in [1.54, 1.807) is 0 Å². The van der Waals surface area contributed by atoms with Gasteiger partial charge in [-0.1, -0.05) is 15.5 Å². The predicted molar refractivity (Wildman–Crippen MR) is 68.8 cm³/mol. The van der Waals surface area contributed by atoms with Crippen molar-refractivity contribution in [2.75, 3.05) is 0 Å². The van der Waals surface area contributed by atoms with Crippen molar-refractivity contribution in [2.45, 2.75) is 20.8 Å². The van der Waals surface area contributed by atoms with Gasteiger partial charge < -0.3 is 15.6 Å². The van der Waals surface area contributed by atoms with Crippen molar-refractivity contribution in [1.29, 1.82) is 0 Å². The molecule has 0 spiro atoms. The fourth-order valence-corrected chi connectivity index (χ4v) is 2.03. The Morgan fingerprint density at radius 2 is 0.833 bits per heavy atom. The van der Waals surface area contributed by atoms with Gasteiger partial charge in [-0.05, 0) is 37.5 Å². The standard InChI is InChI=1S/C12H15N3O3/c1-7-10(4-13-16)8(2)12(6-15-18)9(3)11(7)5-14-17/h4-6,16-18H,1-3H3/b13-4+,14-5+,15-6+. The second-order valence-electron chi connectivity index (χ2n) is 3.85. The van der Waals surface area contributed by atoms with E-state index < -0.39 is 0 Å². The highest BCUT2D eigenvalue weighted by atomic mass is 16.4. The van der Waals surface area contributed by atoms with E-state index in [4.69, 9.17) is 15.6 Å². The normalized spacial score (nSPS) is 12.2. The minimum absolute atomic E-state index is 0.688. The first-order valence-corrected chi connectivity index (χ1v) is 5.24. The van der Waals surface area contributed by atoms with E-state index in [-0.39, 0.29) is 0 Å². The smallest absolute Gasteiger partial charge is 0.0739 e. The van der Waals surface area contributed by atoms with Crippen LogP contribution in [0.1, 0.15) is 33.4 Å². The fourth-order valence-electron chi connectivity index (χ4n) is 2.03. The van der Waals surface area contributed by atoms with Crippen LogP contribution in [-0.4, -0.2) is 34.3 Å². The van der Waals surface area contributed by atoms with Crippen LogP contribution in [0.3, 0.4) is 0 Å². The highest BCUT2D eigenvalue weighted by Crippen LogP contribution is 2.24. The number of benzene rings is 1. The van der Waals surface area contributed by atoms with Crippen molar-refractivity contribution >= 4 is 18.6 Å². The quantitative estimate of drug-likeness (QED) is 0.434. The summed E-state index contributed by atoms with van der Waals surface area (Å²) >= 11 is 0. The Labute approximate surface area is 105 Å². The van der Waals surface area contributed by atoms with E-state index in [1.807, 2.05) is 20.8 Å². The van der Waals surface area contributed by atoms with Gasteiger partial charge in [0, 0.05) is 16.7 Å². The molecular weight excluding hydrogens is 234 g/mol. The second-order valence-corrected chi connectivity index (χ2v) is 3.85. The highest BCUT2D eigenvalue weighted by molar-refractivity contribution is 5.98. The van der Waals surface area contributed by atoms with Crippen molar-refractivity contribution < 1.29 is 15.6 Å². The van der Waals surface area contributed by atoms with E-state index in [1.165, 1.54) is 18.6 Å². The Hall–Kier alpha value is -2.37. The molecule has 0 saturated heterocycles. The molecule has 0 unspecified atom stereocenters. The lowest BCUT2D eigenvalue weighted by Gasteiger charge is -2.15. The molecule has 0 heterocycles. The summed E-state index contributed by atoms with van der Waals surface area (Å²) in [5.74, 6) is 0. The molecule has 0 radical (unpaired) electrons. The topological polar surface area (TPSA) is 97.8 Å². The van der Waals surface area contributed by atoms with Gasteiger partial charge in [-0.25, -0.2) is 0 Å². The summed E-state index contributed by atoms with van der Waals surface area (Å²) in [6.45, 7) is 5.48. The summed E-state index contributed by atoms with van der Waals surface area (Å²) < 4.78 is 0. The SMILES string of the molecule is Cc1c(/C=N/O)c(C)c(/C=N/O)c(C)c1/C=N/O. The maximum Gasteiger partial charge on any atom is 0.0739 e. The lowest BCUT2D eigenvalue weighted by atomic mass is 9.89. The molecule has 1 aromatic carbocycles. The van der Waals surface area contributed by atoms with E-state index in [0.29, 0.717) is 16.7 Å². The summed E-state index contributed by atoms with van der Waals surface area (Å²) in [5, 5.41) is 35.1. The van der Waals surface area contributed by atoms with Crippen molar-refractivity contribution in [3.05, 3.63) is 33.4 Å². The summed E-state index contributed by atoms with van der Waals surface area (Å²) in [6.07, 6.45) is 3.90. The van der Waals surface area contributed by atoms with Crippen LogP contribution in [0.2, 0.25) is 0 Å². The maximum absolute atomic E-state index is 8.68. The molecule has 0 aliphatic heterocycles. The van der Waals surface area contributed by atoms with Gasteiger partial charge in [0.25, 0.3) is 0 Å². The van der Waals surface area contributed by atoms with E-state index in [0.717, 1.165) is 16.7 Å². The molecule has 0 aliphatic rings. The zero-order valence-corrected chi connectivity index (χ0v) is 10.4. The molecule has 0 saturated carbocycles. The van der Waals surface area contributed by atoms with Crippen LogP contribution in [0.4, 0.5) is 0 Å². The van der Waals surface area contributed by atoms with Gasteiger partial charge in [-0.2, -0.15) is 0 Å². The van der Waals surface area contributed by atoms with Gasteiger partial charge >= 0.3 is 0 Å². The third-order valence-corrected chi connectivity index (χ3v) is 2.98. The Bertz CT molecular complexity index is 437. The Morgan fingerprint density at radius 1 is 0.611 bits per heavy atom. The molecule has 0 atom stereocenters. The molecule has 3 N–H and O–H groups in total. The van der Waals surface area contributed by atoms with Gasteiger partial charge in [0.15, 0.2) is 0 Å². The average molecular weight is 249 g/mol. The van der Waals surface area contributed by atoms with Gasteiger partial charge in [-0.3, -0.25) is 0 Å². The summed E-state index contributed by atoms with van der Waals surface area (Å²) in [4.78, 5) is 0. The van der Waals surface area contributed by atoms with Crippen LogP contribution in [0.5, 0.6) is 0 Å². The van der Waals surface area contributed by atoms with Crippen LogP contribution in [0.15, 0.2) is 15.5 Å². The molecule has 0 aromatic heterocycles. The minimum atomic E-state index is 0.688. The fraction of sp³-hybridized carbons (Fsp3) is 0.250. The monoisotopic (exact) mass is 249 g/mol. The Kier molecular flexibility index (Phi) is 4.42. The molecule has 96 valence electrons. The number of hydrogen-bond donors (Lipinski definition) is 3. The lowest BCUT2D eigenvalue weighted by Crippen LogP contribution is -2.07. The molecule has 0 bridgehead atoms. The van der Waals surface area contributed by atoms with Crippen molar-refractivity contribution in [1.82, 2.24) is 0 Å². The first-order valence-electron chi connectivity index (χ1n) is 5.24. The molecule has 0 aliphatic carbocycles. The molecule has 1 aromatic rings. The third kappa shape index (κ3) is 2.32. The Balaban J connectivity index is 3.74. The first kappa shape index (κ1) is 13.7. The van der Waals surface area contributed by atoms with E-state index in [2.05, 4.69) is 15.5 Å². The minimum Gasteiger partial charge on any atom is -0.411 e. The van der Waals surface area contributed by atoms with Gasteiger partial charge in [0.1, 0.15) is 0 Å². The van der Waals surface area contributed by atoms with Gasteiger partial charge in [0.05, 0.1) is 18.6 Å². The largest absolute Gasteiger partial charge is 0.411 e. The highest BCUT2D eigenvalue weighted by Gasteiger charge is 2.14. The summed E-state index contributed by atoms with van der Waals surface area (Å²) in [7, 11) is 0. The number of hydrogen-bond acceptors (Lipinski definition) is 6. The van der Waals surface area contributed by atoms with Crippen LogP contribution < -0.4 is 0 Å². The third-order valence-electron chi connectivity index (χ3n) is 2.98. The summed E-state index contributed by atoms with van der Waals surface area (Å²) in [6, 6.07) is 0. The van der Waals surface area contributed by atoms with Crippen LogP contribution in [-0.2, 0) is 0 Å². The Morgan fingerprint density at radius 3 is 1.00 bits per heavy atom. The van der Waals surface area contributed by atoms with Crippen molar-refractivity contribution in [3.8, 4) is 0 Å². The maximum atomic E-state index is 8.68. The molecule has 6 heteroatoms. The van der Waals surface area contributed by atoms with Crippen LogP contribution in [0.25, 0.3) is 0 Å². The first-order chi connectivity index (χ1) is 8.58. The van der Waals surface area contributed by atoms with Crippen LogP contribution >= 0.6 is 0 Å². The van der Waals surface area contributed by atoms with Crippen molar-refractivity contribution in [3.63, 3.8) is 0 Å². The molecule has 18 heavy (non-hydrogen) atoms. The number of nitrogens with zero attached hydrogens (tertiary/aromatic N) is 3. The predicted octanol–water partition coefficient (Wildman–Crippen LogP) is 2.04. The zero-order chi connectivity index (χ0) is 13.7. The van der Waals surface area contributed by atoms with E-state index in [9.17, 15) is 0 Å². The molecule has 6 nitrogen and oxygen atoms in total. The average Bonchev–Trinajstić information content (AvgIpc) is 2.35. The van der Waals surface area contributed by atoms with Crippen molar-refractivity contribution in [2.24, 2.45) is 15.5 Å². The molecule has 0 amide bonds. The van der Waals surface area contributed by atoms with Crippen LogP contribution in [0, 0.1) is 20.8 Å². The zero-order valence-electron chi connectivity index (χ0n) is 10.4. The van der Waals surface area contributed by atoms with Gasteiger partial charge in [0.2, 0.25) is 0 Å².